The molecule has 0 radical (unpaired) electrons. The molecule has 0 atom stereocenters. The van der Waals surface area contributed by atoms with Crippen LogP contribution in [0.15, 0.2) is 29.8 Å². The van der Waals surface area contributed by atoms with E-state index >= 15 is 0 Å². The van der Waals surface area contributed by atoms with Crippen molar-refractivity contribution >= 4 is 17.0 Å². The van der Waals surface area contributed by atoms with Crippen LogP contribution in [0, 0.1) is 11.6 Å². The van der Waals surface area contributed by atoms with E-state index in [0.29, 0.717) is 6.54 Å². The van der Waals surface area contributed by atoms with Gasteiger partial charge in [0.05, 0.1) is 6.54 Å². The van der Waals surface area contributed by atoms with E-state index in [-0.39, 0.29) is 5.69 Å². The highest BCUT2D eigenvalue weighted by atomic mass is 32.1. The number of halogens is 2. The molecule has 1 N–H and O–H groups in total. The van der Waals surface area contributed by atoms with Gasteiger partial charge < -0.3 is 5.32 Å². The van der Waals surface area contributed by atoms with Crippen LogP contribution in [0.25, 0.3) is 0 Å². The molecule has 1 aromatic heterocycles. The quantitative estimate of drug-likeness (QED) is 0.870. The van der Waals surface area contributed by atoms with E-state index in [1.54, 1.807) is 6.20 Å². The highest BCUT2D eigenvalue weighted by Gasteiger charge is 2.07. The lowest BCUT2D eigenvalue weighted by Gasteiger charge is -2.06. The maximum absolute atomic E-state index is 13.2. The Morgan fingerprint density at radius 1 is 1.27 bits per heavy atom. The highest BCUT2D eigenvalue weighted by molar-refractivity contribution is 7.09. The zero-order valence-corrected chi connectivity index (χ0v) is 8.52. The van der Waals surface area contributed by atoms with Crippen LogP contribution >= 0.6 is 11.3 Å². The van der Waals surface area contributed by atoms with Gasteiger partial charge in [-0.15, -0.1) is 11.3 Å². The molecule has 0 aliphatic rings. The Kier molecular flexibility index (Phi) is 2.91. The van der Waals surface area contributed by atoms with Crippen LogP contribution in [0.4, 0.5) is 14.5 Å². The molecule has 0 unspecified atom stereocenters. The first-order valence-corrected chi connectivity index (χ1v) is 5.21. The summed E-state index contributed by atoms with van der Waals surface area (Å²) in [6.45, 7) is 0.329. The molecule has 0 amide bonds. The van der Waals surface area contributed by atoms with E-state index < -0.39 is 11.6 Å². The summed E-state index contributed by atoms with van der Waals surface area (Å²) < 4.78 is 26.3. The van der Waals surface area contributed by atoms with Gasteiger partial charge in [0.1, 0.15) is 22.3 Å². The maximum Gasteiger partial charge on any atom is 0.149 e. The molecule has 0 aliphatic carbocycles. The summed E-state index contributed by atoms with van der Waals surface area (Å²) in [4.78, 5) is 4.00. The molecule has 1 aromatic carbocycles. The Morgan fingerprint density at radius 2 is 2.00 bits per heavy atom. The zero-order valence-electron chi connectivity index (χ0n) is 7.71. The molecule has 0 bridgehead atoms. The normalized spacial score (nSPS) is 10.3. The summed E-state index contributed by atoms with van der Waals surface area (Å²) in [6, 6.07) is 3.76. The van der Waals surface area contributed by atoms with E-state index in [2.05, 4.69) is 10.3 Å². The van der Waals surface area contributed by atoms with Crippen LogP contribution in [0.3, 0.4) is 0 Å². The Morgan fingerprint density at radius 3 is 2.60 bits per heavy atom. The van der Waals surface area contributed by atoms with Gasteiger partial charge in [-0.25, -0.2) is 13.8 Å². The summed E-state index contributed by atoms with van der Waals surface area (Å²) in [5, 5.41) is 5.29. The Bertz CT molecular complexity index is 422. The van der Waals surface area contributed by atoms with E-state index in [1.165, 1.54) is 29.5 Å². The lowest BCUT2D eigenvalue weighted by molar-refractivity contribution is 0.588. The Hall–Kier alpha value is -1.49. The SMILES string of the molecule is Fc1cccc(F)c1NCc1nccs1. The number of rotatable bonds is 3. The second-order valence-corrected chi connectivity index (χ2v) is 3.86. The molecule has 2 nitrogen and oxygen atoms in total. The Balaban J connectivity index is 2.11. The van der Waals surface area contributed by atoms with E-state index in [4.69, 9.17) is 0 Å². The fourth-order valence-electron chi connectivity index (χ4n) is 1.17. The lowest BCUT2D eigenvalue weighted by atomic mass is 10.3. The van der Waals surface area contributed by atoms with Gasteiger partial charge in [-0.1, -0.05) is 6.07 Å². The predicted octanol–water partition coefficient (Wildman–Crippen LogP) is 3.03. The number of para-hydroxylation sites is 1. The minimum atomic E-state index is -0.591. The first-order chi connectivity index (χ1) is 7.27. The molecule has 78 valence electrons. The van der Waals surface area contributed by atoms with Crippen molar-refractivity contribution in [1.82, 2.24) is 4.98 Å². The van der Waals surface area contributed by atoms with Crippen molar-refractivity contribution in [2.45, 2.75) is 6.54 Å². The standard InChI is InChI=1S/C10H8F2N2S/c11-7-2-1-3-8(12)10(7)14-6-9-13-4-5-15-9/h1-5,14H,6H2. The summed E-state index contributed by atoms with van der Waals surface area (Å²) in [5.41, 5.74) is -0.104. The minimum absolute atomic E-state index is 0.104. The topological polar surface area (TPSA) is 24.9 Å². The van der Waals surface area contributed by atoms with Gasteiger partial charge in [-0.05, 0) is 12.1 Å². The second-order valence-electron chi connectivity index (χ2n) is 2.88. The number of nitrogens with zero attached hydrogens (tertiary/aromatic N) is 1. The van der Waals surface area contributed by atoms with Gasteiger partial charge in [-0.3, -0.25) is 0 Å². The molecular weight excluding hydrogens is 218 g/mol. The van der Waals surface area contributed by atoms with Crippen LogP contribution in [0.2, 0.25) is 0 Å². The van der Waals surface area contributed by atoms with Crippen LogP contribution < -0.4 is 5.32 Å². The molecule has 0 aliphatic heterocycles. The third kappa shape index (κ3) is 2.30. The fourth-order valence-corrected chi connectivity index (χ4v) is 1.73. The smallest absolute Gasteiger partial charge is 0.149 e. The average Bonchev–Trinajstić information content (AvgIpc) is 2.70. The van der Waals surface area contributed by atoms with E-state index in [0.717, 1.165) is 5.01 Å². The summed E-state index contributed by atoms with van der Waals surface area (Å²) in [5.74, 6) is -1.18. The molecule has 5 heteroatoms. The van der Waals surface area contributed by atoms with Crippen molar-refractivity contribution in [3.8, 4) is 0 Å². The number of hydrogen-bond acceptors (Lipinski definition) is 3. The fraction of sp³-hybridized carbons (Fsp3) is 0.100. The van der Waals surface area contributed by atoms with Crippen molar-refractivity contribution < 1.29 is 8.78 Å². The molecule has 15 heavy (non-hydrogen) atoms. The number of benzene rings is 1. The van der Waals surface area contributed by atoms with Gasteiger partial charge in [0, 0.05) is 11.6 Å². The third-order valence-corrected chi connectivity index (χ3v) is 2.64. The maximum atomic E-state index is 13.2. The van der Waals surface area contributed by atoms with Crippen LogP contribution in [-0.4, -0.2) is 4.98 Å². The van der Waals surface area contributed by atoms with Crippen molar-refractivity contribution in [3.63, 3.8) is 0 Å². The van der Waals surface area contributed by atoms with Crippen LogP contribution in [0.5, 0.6) is 0 Å². The second kappa shape index (κ2) is 4.35. The Labute approximate surface area is 89.6 Å². The predicted molar refractivity (Wildman–Crippen MR) is 55.8 cm³/mol. The molecule has 0 spiro atoms. The molecule has 1 heterocycles. The van der Waals surface area contributed by atoms with Crippen molar-refractivity contribution in [2.24, 2.45) is 0 Å². The average molecular weight is 226 g/mol. The largest absolute Gasteiger partial charge is 0.374 e. The molecule has 2 rings (SSSR count). The third-order valence-electron chi connectivity index (χ3n) is 1.86. The van der Waals surface area contributed by atoms with Crippen molar-refractivity contribution in [1.29, 1.82) is 0 Å². The summed E-state index contributed by atoms with van der Waals surface area (Å²) in [7, 11) is 0. The number of aromatic nitrogens is 1. The molecule has 2 aromatic rings. The molecular formula is C10H8F2N2S. The van der Waals surface area contributed by atoms with Crippen molar-refractivity contribution in [2.75, 3.05) is 5.32 Å². The number of nitrogens with one attached hydrogen (secondary N) is 1. The number of thiazole rings is 1. The zero-order chi connectivity index (χ0) is 10.7. The highest BCUT2D eigenvalue weighted by Crippen LogP contribution is 2.19. The minimum Gasteiger partial charge on any atom is -0.374 e. The first-order valence-electron chi connectivity index (χ1n) is 4.33. The first kappa shape index (κ1) is 10.0. The molecule has 0 saturated carbocycles. The summed E-state index contributed by atoms with van der Waals surface area (Å²) in [6.07, 6.45) is 1.65. The van der Waals surface area contributed by atoms with Gasteiger partial charge in [0.25, 0.3) is 0 Å². The van der Waals surface area contributed by atoms with Gasteiger partial charge in [-0.2, -0.15) is 0 Å². The number of anilines is 1. The molecule has 0 saturated heterocycles. The van der Waals surface area contributed by atoms with E-state index in [9.17, 15) is 8.78 Å². The van der Waals surface area contributed by atoms with Crippen molar-refractivity contribution in [3.05, 3.63) is 46.4 Å². The monoisotopic (exact) mass is 226 g/mol. The van der Waals surface area contributed by atoms with Crippen LogP contribution in [0.1, 0.15) is 5.01 Å². The summed E-state index contributed by atoms with van der Waals surface area (Å²) >= 11 is 1.44. The van der Waals surface area contributed by atoms with E-state index in [1.807, 2.05) is 5.38 Å². The van der Waals surface area contributed by atoms with Gasteiger partial charge in [0.15, 0.2) is 0 Å². The van der Waals surface area contributed by atoms with Gasteiger partial charge in [0.2, 0.25) is 0 Å². The van der Waals surface area contributed by atoms with Crippen LogP contribution in [-0.2, 0) is 6.54 Å². The van der Waals surface area contributed by atoms with Gasteiger partial charge >= 0.3 is 0 Å². The number of hydrogen-bond donors (Lipinski definition) is 1. The molecule has 0 fully saturated rings. The lowest BCUT2D eigenvalue weighted by Crippen LogP contribution is -2.03.